The summed E-state index contributed by atoms with van der Waals surface area (Å²) in [5.74, 6) is -0.726. The Morgan fingerprint density at radius 2 is 1.19 bits per heavy atom. The third-order valence-electron chi connectivity index (χ3n) is 6.22. The maximum absolute atomic E-state index is 13.5. The molecule has 2 aromatic carbocycles. The number of likely N-dealkylation sites (tertiary alicyclic amines) is 2. The van der Waals surface area contributed by atoms with Crippen molar-refractivity contribution in [3.8, 4) is 0 Å². The molecular formula is C27H37F3N4O2. The van der Waals surface area contributed by atoms with Gasteiger partial charge in [-0.3, -0.25) is 9.59 Å². The molecule has 0 spiro atoms. The molecule has 198 valence electrons. The molecule has 2 heterocycles. The van der Waals surface area contributed by atoms with Crippen LogP contribution in [0.3, 0.4) is 0 Å². The number of benzene rings is 2. The van der Waals surface area contributed by atoms with E-state index in [1.807, 2.05) is 34.6 Å². The minimum Gasteiger partial charge on any atom is -0.399 e. The molecule has 2 aromatic rings. The first-order valence-electron chi connectivity index (χ1n) is 12.4. The molecule has 0 saturated carbocycles. The summed E-state index contributed by atoms with van der Waals surface area (Å²) >= 11 is 0. The van der Waals surface area contributed by atoms with Crippen LogP contribution in [0.5, 0.6) is 0 Å². The average molecular weight is 507 g/mol. The van der Waals surface area contributed by atoms with E-state index in [2.05, 4.69) is 0 Å². The molecular weight excluding hydrogens is 469 g/mol. The van der Waals surface area contributed by atoms with Crippen LogP contribution < -0.4 is 11.5 Å². The fourth-order valence-electron chi connectivity index (χ4n) is 4.86. The summed E-state index contributed by atoms with van der Waals surface area (Å²) in [6, 6.07) is 8.41. The van der Waals surface area contributed by atoms with E-state index in [1.165, 1.54) is 11.0 Å². The number of nitrogen functional groups attached to an aromatic ring is 2. The lowest BCUT2D eigenvalue weighted by Crippen LogP contribution is -2.55. The van der Waals surface area contributed by atoms with Gasteiger partial charge in [-0.2, -0.15) is 13.2 Å². The fourth-order valence-corrected chi connectivity index (χ4v) is 4.86. The molecule has 0 radical (unpaired) electrons. The summed E-state index contributed by atoms with van der Waals surface area (Å²) in [6.45, 7) is 11.4. The van der Waals surface area contributed by atoms with Crippen molar-refractivity contribution >= 4 is 23.2 Å². The molecule has 4 N–H and O–H groups in total. The normalized spacial score (nSPS) is 18.9. The van der Waals surface area contributed by atoms with Gasteiger partial charge in [0.1, 0.15) is 0 Å². The summed E-state index contributed by atoms with van der Waals surface area (Å²) in [5.41, 5.74) is 11.8. The SMILES string of the molecule is CC.CC.Cc1cc(N)ccc1C(=O)N1CC2CC(C1)CN(C(=O)c1ccc(N)cc1C(F)(F)F)C2. The van der Waals surface area contributed by atoms with Crippen LogP contribution >= 0.6 is 0 Å². The van der Waals surface area contributed by atoms with Gasteiger partial charge >= 0.3 is 6.18 Å². The van der Waals surface area contributed by atoms with E-state index < -0.39 is 23.2 Å². The van der Waals surface area contributed by atoms with Crippen molar-refractivity contribution in [3.05, 3.63) is 58.7 Å². The molecule has 0 aliphatic carbocycles. The second kappa shape index (κ2) is 12.1. The zero-order valence-electron chi connectivity index (χ0n) is 21.7. The number of carbonyl (C=O) groups is 2. The number of anilines is 2. The minimum absolute atomic E-state index is 0.00704. The number of amides is 2. The summed E-state index contributed by atoms with van der Waals surface area (Å²) in [5, 5.41) is 0. The largest absolute Gasteiger partial charge is 0.417 e. The summed E-state index contributed by atoms with van der Waals surface area (Å²) < 4.78 is 40.4. The number of piperidine rings is 2. The van der Waals surface area contributed by atoms with Crippen LogP contribution in [0.25, 0.3) is 0 Å². The first-order valence-corrected chi connectivity index (χ1v) is 12.4. The van der Waals surface area contributed by atoms with E-state index in [-0.39, 0.29) is 23.4 Å². The number of hydrogen-bond donors (Lipinski definition) is 2. The lowest BCUT2D eigenvalue weighted by atomic mass is 9.84. The number of hydrogen-bond acceptors (Lipinski definition) is 4. The Hall–Kier alpha value is -3.23. The van der Waals surface area contributed by atoms with Crippen molar-refractivity contribution in [1.82, 2.24) is 9.80 Å². The second-order valence-electron chi connectivity index (χ2n) is 8.77. The highest BCUT2D eigenvalue weighted by Gasteiger charge is 2.41. The molecule has 2 atom stereocenters. The molecule has 36 heavy (non-hydrogen) atoms. The highest BCUT2D eigenvalue weighted by atomic mass is 19.4. The maximum atomic E-state index is 13.5. The Balaban J connectivity index is 0.00000109. The van der Waals surface area contributed by atoms with Crippen LogP contribution in [0.15, 0.2) is 36.4 Å². The monoisotopic (exact) mass is 506 g/mol. The minimum atomic E-state index is -4.67. The van der Waals surface area contributed by atoms with E-state index >= 15 is 0 Å². The van der Waals surface area contributed by atoms with Gasteiger partial charge in [0.2, 0.25) is 0 Å². The fraction of sp³-hybridized carbons (Fsp3) is 0.481. The number of nitrogens with zero attached hydrogens (tertiary/aromatic N) is 2. The van der Waals surface area contributed by atoms with Crippen molar-refractivity contribution in [2.24, 2.45) is 11.8 Å². The molecule has 2 saturated heterocycles. The van der Waals surface area contributed by atoms with Crippen LogP contribution in [0.1, 0.15) is 66.0 Å². The number of nitrogens with two attached hydrogens (primary N) is 2. The maximum Gasteiger partial charge on any atom is 0.417 e. The summed E-state index contributed by atoms with van der Waals surface area (Å²) in [7, 11) is 0. The molecule has 2 bridgehead atoms. The van der Waals surface area contributed by atoms with Crippen LogP contribution in [-0.2, 0) is 6.18 Å². The lowest BCUT2D eigenvalue weighted by Gasteiger charge is -2.46. The van der Waals surface area contributed by atoms with Gasteiger partial charge in [-0.1, -0.05) is 27.7 Å². The van der Waals surface area contributed by atoms with Crippen molar-refractivity contribution in [2.75, 3.05) is 37.6 Å². The number of halogens is 3. The van der Waals surface area contributed by atoms with Crippen LogP contribution in [0, 0.1) is 18.8 Å². The highest BCUT2D eigenvalue weighted by molar-refractivity contribution is 5.97. The van der Waals surface area contributed by atoms with Crippen molar-refractivity contribution < 1.29 is 22.8 Å². The number of carbonyl (C=O) groups excluding carboxylic acids is 2. The van der Waals surface area contributed by atoms with Crippen molar-refractivity contribution in [3.63, 3.8) is 0 Å². The Morgan fingerprint density at radius 3 is 1.64 bits per heavy atom. The van der Waals surface area contributed by atoms with E-state index in [4.69, 9.17) is 11.5 Å². The molecule has 2 unspecified atom stereocenters. The second-order valence-corrected chi connectivity index (χ2v) is 8.77. The molecule has 2 amide bonds. The molecule has 2 aliphatic rings. The first-order chi connectivity index (χ1) is 17.0. The lowest BCUT2D eigenvalue weighted by molar-refractivity contribution is -0.138. The Labute approximate surface area is 211 Å². The molecule has 2 fully saturated rings. The average Bonchev–Trinajstić information content (AvgIpc) is 2.84. The number of rotatable bonds is 2. The Morgan fingerprint density at radius 1 is 0.778 bits per heavy atom. The quantitative estimate of drug-likeness (QED) is 0.529. The van der Waals surface area contributed by atoms with E-state index in [1.54, 1.807) is 23.1 Å². The van der Waals surface area contributed by atoms with Gasteiger partial charge in [0.05, 0.1) is 11.1 Å². The molecule has 9 heteroatoms. The van der Waals surface area contributed by atoms with Crippen molar-refractivity contribution in [2.45, 2.75) is 47.2 Å². The van der Waals surface area contributed by atoms with Gasteiger partial charge < -0.3 is 21.3 Å². The molecule has 4 rings (SSSR count). The zero-order valence-corrected chi connectivity index (χ0v) is 21.7. The zero-order chi connectivity index (χ0) is 27.2. The van der Waals surface area contributed by atoms with Crippen LogP contribution in [-0.4, -0.2) is 47.8 Å². The Bertz CT molecular complexity index is 1060. The van der Waals surface area contributed by atoms with E-state index in [0.717, 1.165) is 24.1 Å². The van der Waals surface area contributed by atoms with E-state index in [9.17, 15) is 22.8 Å². The van der Waals surface area contributed by atoms with Crippen molar-refractivity contribution in [1.29, 1.82) is 0 Å². The van der Waals surface area contributed by atoms with Crippen LogP contribution in [0.4, 0.5) is 24.5 Å². The number of alkyl halides is 3. The molecule has 0 aromatic heterocycles. The number of fused-ring (bicyclic) bond motifs is 2. The third kappa shape index (κ3) is 6.50. The summed E-state index contributed by atoms with van der Waals surface area (Å²) in [4.78, 5) is 29.3. The predicted octanol–water partition coefficient (Wildman–Crippen LogP) is 5.46. The van der Waals surface area contributed by atoms with Crippen LogP contribution in [0.2, 0.25) is 0 Å². The smallest absolute Gasteiger partial charge is 0.399 e. The first kappa shape index (κ1) is 29.0. The van der Waals surface area contributed by atoms with E-state index in [0.29, 0.717) is 37.4 Å². The van der Waals surface area contributed by atoms with Gasteiger partial charge in [0.25, 0.3) is 11.8 Å². The van der Waals surface area contributed by atoms with Gasteiger partial charge in [0.15, 0.2) is 0 Å². The number of aryl methyl sites for hydroxylation is 1. The molecule has 2 aliphatic heterocycles. The standard InChI is InChI=1S/C23H25F3N4O2.2C2H6/c1-13-6-16(27)2-4-18(13)21(31)29-9-14-7-15(10-29)12-30(11-14)22(32)19-5-3-17(28)8-20(19)23(24,25)26;2*1-2/h2-6,8,14-15H,7,9-12,27-28H2,1H3;2*1-2H3. The van der Waals surface area contributed by atoms with Gasteiger partial charge in [0, 0.05) is 43.1 Å². The molecule has 6 nitrogen and oxygen atoms in total. The van der Waals surface area contributed by atoms with Gasteiger partial charge in [-0.25, -0.2) is 0 Å². The van der Waals surface area contributed by atoms with Gasteiger partial charge in [-0.05, 0) is 67.1 Å². The van der Waals surface area contributed by atoms with Gasteiger partial charge in [-0.15, -0.1) is 0 Å². The topological polar surface area (TPSA) is 92.7 Å². The summed E-state index contributed by atoms with van der Waals surface area (Å²) in [6.07, 6.45) is -3.84. The Kier molecular flexibility index (Phi) is 9.78. The predicted molar refractivity (Wildman–Crippen MR) is 138 cm³/mol. The highest BCUT2D eigenvalue weighted by Crippen LogP contribution is 2.36. The third-order valence-corrected chi connectivity index (χ3v) is 6.22.